The van der Waals surface area contributed by atoms with Gasteiger partial charge in [0, 0.05) is 28.0 Å². The summed E-state index contributed by atoms with van der Waals surface area (Å²) in [4.78, 5) is 12.2. The minimum atomic E-state index is -4.58. The average Bonchev–Trinajstić information content (AvgIpc) is 3.45. The normalized spacial score (nSPS) is 14.5. The zero-order chi connectivity index (χ0) is 19.2. The molecule has 0 N–H and O–H groups in total. The molecule has 140 valence electrons. The Balaban J connectivity index is 1.75. The fourth-order valence-corrected chi connectivity index (χ4v) is 3.37. The molecule has 0 amide bonds. The number of benzene rings is 2. The lowest BCUT2D eigenvalue weighted by Crippen LogP contribution is -2.21. The van der Waals surface area contributed by atoms with Crippen LogP contribution in [-0.2, 0) is 12.8 Å². The van der Waals surface area contributed by atoms with Crippen LogP contribution in [0.5, 0.6) is 5.75 Å². The van der Waals surface area contributed by atoms with Crippen molar-refractivity contribution in [3.05, 3.63) is 74.5 Å². The monoisotopic (exact) mass is 437 g/mol. The molecule has 0 spiro atoms. The van der Waals surface area contributed by atoms with Crippen LogP contribution in [0.2, 0.25) is 0 Å². The molecule has 1 fully saturated rings. The van der Waals surface area contributed by atoms with Crippen LogP contribution < -0.4 is 10.2 Å². The van der Waals surface area contributed by atoms with Crippen LogP contribution in [-0.4, -0.2) is 4.57 Å². The third kappa shape index (κ3) is 3.74. The molecule has 7 heteroatoms. The van der Waals surface area contributed by atoms with Gasteiger partial charge < -0.3 is 9.30 Å². The highest BCUT2D eigenvalue weighted by Gasteiger charge is 2.39. The van der Waals surface area contributed by atoms with E-state index >= 15 is 0 Å². The first-order valence-corrected chi connectivity index (χ1v) is 9.26. The van der Waals surface area contributed by atoms with Gasteiger partial charge in [0.05, 0.1) is 5.52 Å². The molecule has 1 aliphatic rings. The SMILES string of the molecule is O=c1cc(C(F)(F)F)n(C2CC2)c2cc(OCc3ccc(Br)cc3)ccc12. The van der Waals surface area contributed by atoms with Crippen molar-refractivity contribution in [2.75, 3.05) is 0 Å². The zero-order valence-corrected chi connectivity index (χ0v) is 15.7. The molecule has 1 saturated carbocycles. The molecule has 27 heavy (non-hydrogen) atoms. The number of rotatable bonds is 4. The lowest BCUT2D eigenvalue weighted by molar-refractivity contribution is -0.143. The van der Waals surface area contributed by atoms with Crippen molar-refractivity contribution in [2.24, 2.45) is 0 Å². The standard InChI is InChI=1S/C20H15BrF3NO2/c21-13-3-1-12(2-4-13)11-27-15-7-8-16-17(9-15)25(14-5-6-14)19(10-18(16)26)20(22,23)24/h1-4,7-10,14H,5-6,11H2. The van der Waals surface area contributed by atoms with Gasteiger partial charge in [-0.05, 0) is 42.7 Å². The molecular weight excluding hydrogens is 423 g/mol. The van der Waals surface area contributed by atoms with Gasteiger partial charge in [0.2, 0.25) is 0 Å². The van der Waals surface area contributed by atoms with E-state index in [4.69, 9.17) is 4.74 Å². The summed E-state index contributed by atoms with van der Waals surface area (Å²) in [7, 11) is 0. The molecule has 0 radical (unpaired) electrons. The third-order valence-electron chi connectivity index (χ3n) is 4.54. The summed E-state index contributed by atoms with van der Waals surface area (Å²) in [5, 5.41) is 0.269. The smallest absolute Gasteiger partial charge is 0.431 e. The van der Waals surface area contributed by atoms with E-state index in [-0.39, 0.29) is 23.6 Å². The summed E-state index contributed by atoms with van der Waals surface area (Å²) < 4.78 is 48.3. The highest BCUT2D eigenvalue weighted by atomic mass is 79.9. The van der Waals surface area contributed by atoms with Crippen LogP contribution in [0.25, 0.3) is 10.9 Å². The fraction of sp³-hybridized carbons (Fsp3) is 0.250. The number of pyridine rings is 1. The van der Waals surface area contributed by atoms with Gasteiger partial charge >= 0.3 is 6.18 Å². The number of fused-ring (bicyclic) bond motifs is 1. The van der Waals surface area contributed by atoms with Crippen molar-refractivity contribution >= 4 is 26.8 Å². The number of halogens is 4. The fourth-order valence-electron chi connectivity index (χ4n) is 3.10. The molecule has 0 bridgehead atoms. The maximum atomic E-state index is 13.5. The molecule has 1 aliphatic carbocycles. The summed E-state index contributed by atoms with van der Waals surface area (Å²) >= 11 is 3.36. The summed E-state index contributed by atoms with van der Waals surface area (Å²) in [5.41, 5.74) is -0.325. The minimum absolute atomic E-state index is 0.230. The van der Waals surface area contributed by atoms with Gasteiger partial charge in [-0.1, -0.05) is 28.1 Å². The average molecular weight is 438 g/mol. The topological polar surface area (TPSA) is 31.2 Å². The number of hydrogen-bond acceptors (Lipinski definition) is 2. The number of aromatic nitrogens is 1. The van der Waals surface area contributed by atoms with Gasteiger partial charge in [-0.15, -0.1) is 0 Å². The number of alkyl halides is 3. The van der Waals surface area contributed by atoms with Crippen molar-refractivity contribution in [2.45, 2.75) is 31.7 Å². The molecule has 4 rings (SSSR count). The van der Waals surface area contributed by atoms with E-state index in [9.17, 15) is 18.0 Å². The molecule has 1 heterocycles. The lowest BCUT2D eigenvalue weighted by atomic mass is 10.1. The molecule has 1 aromatic heterocycles. The van der Waals surface area contributed by atoms with E-state index in [0.717, 1.165) is 10.0 Å². The first-order chi connectivity index (χ1) is 12.8. The largest absolute Gasteiger partial charge is 0.489 e. The Kier molecular flexibility index (Phi) is 4.50. The second-order valence-electron chi connectivity index (χ2n) is 6.59. The zero-order valence-electron chi connectivity index (χ0n) is 14.1. The van der Waals surface area contributed by atoms with Gasteiger partial charge in [0.1, 0.15) is 18.1 Å². The molecular formula is C20H15BrF3NO2. The Hall–Kier alpha value is -2.28. The summed E-state index contributed by atoms with van der Waals surface area (Å²) in [6, 6.07) is 12.7. The lowest BCUT2D eigenvalue weighted by Gasteiger charge is -2.19. The van der Waals surface area contributed by atoms with Crippen LogP contribution in [0.1, 0.15) is 30.1 Å². The molecule has 0 saturated heterocycles. The second-order valence-corrected chi connectivity index (χ2v) is 7.50. The Morgan fingerprint density at radius 2 is 1.78 bits per heavy atom. The Bertz CT molecular complexity index is 1050. The summed E-state index contributed by atoms with van der Waals surface area (Å²) in [6.07, 6.45) is -3.24. The van der Waals surface area contributed by atoms with E-state index in [1.165, 1.54) is 16.7 Å². The van der Waals surface area contributed by atoms with Gasteiger partial charge in [-0.3, -0.25) is 4.79 Å². The minimum Gasteiger partial charge on any atom is -0.489 e. The van der Waals surface area contributed by atoms with Crippen molar-refractivity contribution in [3.8, 4) is 5.75 Å². The Labute approximate surface area is 161 Å². The summed E-state index contributed by atoms with van der Waals surface area (Å²) in [6.45, 7) is 0.283. The van der Waals surface area contributed by atoms with Crippen molar-refractivity contribution in [1.29, 1.82) is 0 Å². The molecule has 0 unspecified atom stereocenters. The maximum Gasteiger partial charge on any atom is 0.431 e. The van der Waals surface area contributed by atoms with E-state index in [1.807, 2.05) is 24.3 Å². The predicted octanol–water partition coefficient (Wildman–Crippen LogP) is 5.70. The van der Waals surface area contributed by atoms with E-state index < -0.39 is 17.3 Å². The van der Waals surface area contributed by atoms with Crippen LogP contribution in [0.4, 0.5) is 13.2 Å². The van der Waals surface area contributed by atoms with Crippen molar-refractivity contribution < 1.29 is 17.9 Å². The highest BCUT2D eigenvalue weighted by molar-refractivity contribution is 9.10. The van der Waals surface area contributed by atoms with E-state index in [0.29, 0.717) is 24.7 Å². The molecule has 0 aliphatic heterocycles. The summed E-state index contributed by atoms with van der Waals surface area (Å²) in [5.74, 6) is 0.429. The molecule has 3 aromatic rings. The van der Waals surface area contributed by atoms with E-state index in [1.54, 1.807) is 6.07 Å². The van der Waals surface area contributed by atoms with Crippen LogP contribution >= 0.6 is 15.9 Å². The van der Waals surface area contributed by atoms with Gasteiger partial charge in [-0.25, -0.2) is 0 Å². The van der Waals surface area contributed by atoms with Gasteiger partial charge in [-0.2, -0.15) is 13.2 Å². The molecule has 2 aromatic carbocycles. The highest BCUT2D eigenvalue weighted by Crippen LogP contribution is 2.42. The number of hydrogen-bond donors (Lipinski definition) is 0. The van der Waals surface area contributed by atoms with Crippen LogP contribution in [0, 0.1) is 0 Å². The number of nitrogens with zero attached hydrogens (tertiary/aromatic N) is 1. The van der Waals surface area contributed by atoms with E-state index in [2.05, 4.69) is 15.9 Å². The van der Waals surface area contributed by atoms with Crippen LogP contribution in [0.3, 0.4) is 0 Å². The second kappa shape index (κ2) is 6.71. The van der Waals surface area contributed by atoms with Crippen molar-refractivity contribution in [3.63, 3.8) is 0 Å². The first kappa shape index (κ1) is 18.1. The Morgan fingerprint density at radius 1 is 1.07 bits per heavy atom. The first-order valence-electron chi connectivity index (χ1n) is 8.47. The van der Waals surface area contributed by atoms with Gasteiger partial charge in [0.15, 0.2) is 5.43 Å². The molecule has 3 nitrogen and oxygen atoms in total. The maximum absolute atomic E-state index is 13.5. The Morgan fingerprint density at radius 3 is 2.41 bits per heavy atom. The van der Waals surface area contributed by atoms with Crippen LogP contribution in [0.15, 0.2) is 57.8 Å². The number of ether oxygens (including phenoxy) is 1. The third-order valence-corrected chi connectivity index (χ3v) is 5.07. The predicted molar refractivity (Wildman–Crippen MR) is 100.0 cm³/mol. The quantitative estimate of drug-likeness (QED) is 0.524. The van der Waals surface area contributed by atoms with Gasteiger partial charge in [0.25, 0.3) is 0 Å². The molecule has 0 atom stereocenters. The van der Waals surface area contributed by atoms with Crippen molar-refractivity contribution in [1.82, 2.24) is 4.57 Å².